The number of allylic oxidation sites excluding steroid dienone is 2. The van der Waals surface area contributed by atoms with Gasteiger partial charge in [0.2, 0.25) is 5.91 Å². The maximum absolute atomic E-state index is 12.3. The lowest BCUT2D eigenvalue weighted by Gasteiger charge is -2.28. The summed E-state index contributed by atoms with van der Waals surface area (Å²) in [5.74, 6) is -0.139. The van der Waals surface area contributed by atoms with E-state index >= 15 is 0 Å². The summed E-state index contributed by atoms with van der Waals surface area (Å²) in [6.45, 7) is 3.58. The molecule has 0 spiro atoms. The van der Waals surface area contributed by atoms with Crippen molar-refractivity contribution in [2.24, 2.45) is 0 Å². The number of nitrogens with zero attached hydrogens (tertiary/aromatic N) is 2. The summed E-state index contributed by atoms with van der Waals surface area (Å²) < 4.78 is 4.60. The molecule has 1 aliphatic rings. The van der Waals surface area contributed by atoms with Crippen LogP contribution in [0.1, 0.15) is 39.0 Å². The Kier molecular flexibility index (Phi) is 7.30. The monoisotopic (exact) mass is 282 g/mol. The zero-order chi connectivity index (χ0) is 15.0. The fourth-order valence-corrected chi connectivity index (χ4v) is 2.39. The largest absolute Gasteiger partial charge is 0.469 e. The van der Waals surface area contributed by atoms with Gasteiger partial charge in [0.05, 0.1) is 20.1 Å². The Bertz CT molecular complexity index is 366. The van der Waals surface area contributed by atoms with Crippen molar-refractivity contribution in [1.82, 2.24) is 9.80 Å². The van der Waals surface area contributed by atoms with E-state index in [4.69, 9.17) is 0 Å². The smallest absolute Gasteiger partial charge is 0.306 e. The number of amides is 1. The van der Waals surface area contributed by atoms with Crippen molar-refractivity contribution in [2.75, 3.05) is 33.8 Å². The number of methoxy groups -OCH3 is 1. The molecule has 0 saturated heterocycles. The molecule has 0 aromatic rings. The first kappa shape index (κ1) is 16.7. The zero-order valence-corrected chi connectivity index (χ0v) is 12.9. The molecule has 5 nitrogen and oxygen atoms in total. The lowest BCUT2D eigenvalue weighted by atomic mass is 10.0. The highest BCUT2D eigenvalue weighted by molar-refractivity contribution is 5.80. The number of ether oxygens (including phenoxy) is 1. The highest BCUT2D eigenvalue weighted by Crippen LogP contribution is 2.20. The Morgan fingerprint density at radius 3 is 2.65 bits per heavy atom. The Hall–Kier alpha value is -1.36. The molecular weight excluding hydrogens is 256 g/mol. The number of hydrogen-bond donors (Lipinski definition) is 0. The molecule has 20 heavy (non-hydrogen) atoms. The lowest BCUT2D eigenvalue weighted by Crippen LogP contribution is -2.39. The van der Waals surface area contributed by atoms with Crippen LogP contribution in [0.2, 0.25) is 0 Å². The number of esters is 1. The second kappa shape index (κ2) is 8.74. The molecular formula is C15H26N2O3. The average molecular weight is 282 g/mol. The van der Waals surface area contributed by atoms with Crippen LogP contribution < -0.4 is 0 Å². The van der Waals surface area contributed by atoms with Crippen LogP contribution in [0.25, 0.3) is 0 Å². The number of rotatable bonds is 7. The first-order valence-electron chi connectivity index (χ1n) is 7.33. The maximum atomic E-state index is 12.3. The van der Waals surface area contributed by atoms with E-state index < -0.39 is 0 Å². The molecule has 1 aliphatic carbocycles. The van der Waals surface area contributed by atoms with Crippen molar-refractivity contribution in [2.45, 2.75) is 39.0 Å². The van der Waals surface area contributed by atoms with Crippen LogP contribution in [-0.4, -0.2) is 55.5 Å². The number of likely N-dealkylation sites (N-methyl/N-ethyl adjacent to an activating group) is 2. The van der Waals surface area contributed by atoms with E-state index in [0.717, 1.165) is 25.0 Å². The molecule has 0 fully saturated rings. The third-order valence-corrected chi connectivity index (χ3v) is 3.56. The van der Waals surface area contributed by atoms with Gasteiger partial charge in [-0.05, 0) is 39.7 Å². The van der Waals surface area contributed by atoms with Crippen LogP contribution in [0.4, 0.5) is 0 Å². The van der Waals surface area contributed by atoms with Crippen LogP contribution in [0.15, 0.2) is 11.8 Å². The van der Waals surface area contributed by atoms with E-state index in [9.17, 15) is 9.59 Å². The average Bonchev–Trinajstić information content (AvgIpc) is 2.46. The molecule has 0 aromatic heterocycles. The van der Waals surface area contributed by atoms with Gasteiger partial charge in [0.1, 0.15) is 0 Å². The van der Waals surface area contributed by atoms with Gasteiger partial charge in [-0.1, -0.05) is 6.08 Å². The standard InChI is InChI=1S/C15H26N2O3/c1-4-17(13-8-6-5-7-9-13)14(18)12-16(2)11-10-15(19)20-3/h8H,4-7,9-12H2,1-3H3. The van der Waals surface area contributed by atoms with Crippen molar-refractivity contribution < 1.29 is 14.3 Å². The van der Waals surface area contributed by atoms with E-state index in [2.05, 4.69) is 10.8 Å². The van der Waals surface area contributed by atoms with Gasteiger partial charge >= 0.3 is 5.97 Å². The van der Waals surface area contributed by atoms with Crippen molar-refractivity contribution in [3.8, 4) is 0 Å². The minimum atomic E-state index is -0.244. The van der Waals surface area contributed by atoms with Gasteiger partial charge < -0.3 is 9.64 Å². The van der Waals surface area contributed by atoms with E-state index in [-0.39, 0.29) is 11.9 Å². The third kappa shape index (κ3) is 5.33. The van der Waals surface area contributed by atoms with E-state index in [1.165, 1.54) is 13.5 Å². The van der Waals surface area contributed by atoms with Gasteiger partial charge in [-0.3, -0.25) is 14.5 Å². The van der Waals surface area contributed by atoms with Crippen LogP contribution >= 0.6 is 0 Å². The molecule has 0 aliphatic heterocycles. The molecule has 0 unspecified atom stereocenters. The Morgan fingerprint density at radius 1 is 1.35 bits per heavy atom. The molecule has 0 radical (unpaired) electrons. The van der Waals surface area contributed by atoms with E-state index in [0.29, 0.717) is 26.1 Å². The summed E-state index contributed by atoms with van der Waals surface area (Å²) in [6.07, 6.45) is 6.93. The first-order valence-corrected chi connectivity index (χ1v) is 7.33. The normalized spacial score (nSPS) is 14.9. The highest BCUT2D eigenvalue weighted by Gasteiger charge is 2.19. The maximum Gasteiger partial charge on any atom is 0.306 e. The predicted molar refractivity (Wildman–Crippen MR) is 78.1 cm³/mol. The second-order valence-corrected chi connectivity index (χ2v) is 5.14. The number of hydrogen-bond acceptors (Lipinski definition) is 4. The molecule has 1 rings (SSSR count). The van der Waals surface area contributed by atoms with Crippen molar-refractivity contribution in [1.29, 1.82) is 0 Å². The summed E-state index contributed by atoms with van der Waals surface area (Å²) in [7, 11) is 3.23. The van der Waals surface area contributed by atoms with Gasteiger partial charge in [-0.15, -0.1) is 0 Å². The summed E-state index contributed by atoms with van der Waals surface area (Å²) in [5, 5.41) is 0. The number of carbonyl (C=O) groups is 2. The molecule has 114 valence electrons. The molecule has 5 heteroatoms. The minimum Gasteiger partial charge on any atom is -0.469 e. The number of carbonyl (C=O) groups excluding carboxylic acids is 2. The Labute approximate surface area is 121 Å². The molecule has 0 aromatic carbocycles. The van der Waals surface area contributed by atoms with Gasteiger partial charge in [-0.25, -0.2) is 0 Å². The minimum absolute atomic E-state index is 0.105. The van der Waals surface area contributed by atoms with E-state index in [1.54, 1.807) is 0 Å². The molecule has 0 bridgehead atoms. The first-order chi connectivity index (χ1) is 9.58. The van der Waals surface area contributed by atoms with Crippen LogP contribution in [0.3, 0.4) is 0 Å². The lowest BCUT2D eigenvalue weighted by molar-refractivity contribution is -0.141. The summed E-state index contributed by atoms with van der Waals surface area (Å²) in [6, 6.07) is 0. The Balaban J connectivity index is 2.46. The van der Waals surface area contributed by atoms with Gasteiger partial charge in [0.25, 0.3) is 0 Å². The summed E-state index contributed by atoms with van der Waals surface area (Å²) in [4.78, 5) is 27.1. The van der Waals surface area contributed by atoms with Crippen molar-refractivity contribution >= 4 is 11.9 Å². The molecule has 0 heterocycles. The van der Waals surface area contributed by atoms with Gasteiger partial charge in [-0.2, -0.15) is 0 Å². The third-order valence-electron chi connectivity index (χ3n) is 3.56. The van der Waals surface area contributed by atoms with Crippen molar-refractivity contribution in [3.63, 3.8) is 0 Å². The van der Waals surface area contributed by atoms with Gasteiger partial charge in [0, 0.05) is 18.8 Å². The fraction of sp³-hybridized carbons (Fsp3) is 0.733. The highest BCUT2D eigenvalue weighted by atomic mass is 16.5. The van der Waals surface area contributed by atoms with Crippen LogP contribution in [0.5, 0.6) is 0 Å². The topological polar surface area (TPSA) is 49.9 Å². The summed E-state index contributed by atoms with van der Waals surface area (Å²) in [5.41, 5.74) is 1.16. The molecule has 0 saturated carbocycles. The van der Waals surface area contributed by atoms with E-state index in [1.807, 2.05) is 23.8 Å². The quantitative estimate of drug-likeness (QED) is 0.668. The summed E-state index contributed by atoms with van der Waals surface area (Å²) >= 11 is 0. The van der Waals surface area contributed by atoms with Crippen molar-refractivity contribution in [3.05, 3.63) is 11.8 Å². The van der Waals surface area contributed by atoms with Crippen LogP contribution in [0, 0.1) is 0 Å². The zero-order valence-electron chi connectivity index (χ0n) is 12.9. The Morgan fingerprint density at radius 2 is 2.10 bits per heavy atom. The fourth-order valence-electron chi connectivity index (χ4n) is 2.39. The SMILES string of the molecule is CCN(C(=O)CN(C)CCC(=O)OC)C1=CCCCC1. The predicted octanol–water partition coefficient (Wildman–Crippen LogP) is 1.79. The second-order valence-electron chi connectivity index (χ2n) is 5.14. The van der Waals surface area contributed by atoms with Crippen LogP contribution in [-0.2, 0) is 14.3 Å². The van der Waals surface area contributed by atoms with Gasteiger partial charge in [0.15, 0.2) is 0 Å². The molecule has 0 N–H and O–H groups in total. The molecule has 1 amide bonds. The molecule has 0 atom stereocenters.